The summed E-state index contributed by atoms with van der Waals surface area (Å²) in [5, 5.41) is 18.4. The van der Waals surface area contributed by atoms with E-state index in [1.54, 1.807) is 0 Å². The van der Waals surface area contributed by atoms with E-state index in [0.29, 0.717) is 13.0 Å². The van der Waals surface area contributed by atoms with E-state index in [1.807, 2.05) is 0 Å². The Morgan fingerprint density at radius 1 is 0.533 bits per heavy atom. The van der Waals surface area contributed by atoms with Crippen molar-refractivity contribution in [1.29, 1.82) is 0 Å². The van der Waals surface area contributed by atoms with Crippen molar-refractivity contribution < 1.29 is 43.0 Å². The molecule has 60 heavy (non-hydrogen) atoms. The van der Waals surface area contributed by atoms with Crippen LogP contribution in [0.5, 0.6) is 0 Å². The van der Waals surface area contributed by atoms with Gasteiger partial charge in [0.15, 0.2) is 0 Å². The number of hydrogen-bond donors (Lipinski definition) is 3. The number of allylic oxidation sites excluding steroid dienone is 10. The molecule has 0 aliphatic rings. The molecule has 3 atom stereocenters. The Bertz CT molecular complexity index is 1120. The van der Waals surface area contributed by atoms with Crippen molar-refractivity contribution >= 4 is 13.8 Å². The van der Waals surface area contributed by atoms with Gasteiger partial charge >= 0.3 is 13.8 Å². The Morgan fingerprint density at radius 2 is 0.950 bits per heavy atom. The minimum absolute atomic E-state index is 0.0359. The second-order valence-electron chi connectivity index (χ2n) is 16.1. The number of rotatable bonds is 46. The smallest absolute Gasteiger partial charge is 0.457 e. The molecule has 0 spiro atoms. The van der Waals surface area contributed by atoms with E-state index in [1.165, 1.54) is 109 Å². The van der Waals surface area contributed by atoms with Crippen LogP contribution in [-0.2, 0) is 27.9 Å². The zero-order chi connectivity index (χ0) is 43.9. The Kier molecular flexibility index (Phi) is 45.2. The summed E-state index contributed by atoms with van der Waals surface area (Å²) >= 11 is 0. The van der Waals surface area contributed by atoms with Crippen molar-refractivity contribution in [2.45, 2.75) is 219 Å². The van der Waals surface area contributed by atoms with Crippen LogP contribution in [0.2, 0.25) is 0 Å². The van der Waals surface area contributed by atoms with Crippen molar-refractivity contribution in [3.63, 3.8) is 0 Å². The molecule has 0 aliphatic heterocycles. The third-order valence-electron chi connectivity index (χ3n) is 10.2. The van der Waals surface area contributed by atoms with E-state index in [2.05, 4.69) is 74.6 Å². The number of hydrogen-bond acceptors (Lipinski definition) is 8. The number of unbranched alkanes of at least 4 members (excludes halogenated alkanes) is 22. The number of carbonyl (C=O) groups excluding carboxylic acids is 1. The molecular weight excluding hydrogens is 776 g/mol. The van der Waals surface area contributed by atoms with Crippen LogP contribution in [0, 0.1) is 0 Å². The van der Waals surface area contributed by atoms with Crippen LogP contribution in [0.1, 0.15) is 206 Å². The number of aliphatic hydroxyl groups excluding tert-OH is 2. The Labute approximate surface area is 368 Å². The first-order valence-electron chi connectivity index (χ1n) is 24.3. The normalized spacial score (nSPS) is 14.4. The molecule has 0 heterocycles. The molecule has 0 radical (unpaired) electrons. The van der Waals surface area contributed by atoms with E-state index >= 15 is 0 Å². The predicted octanol–water partition coefficient (Wildman–Crippen LogP) is 13.9. The summed E-state index contributed by atoms with van der Waals surface area (Å²) in [6, 6.07) is 0. The molecular formula is C50H91O9P. The fraction of sp³-hybridized carbons (Fsp3) is 0.780. The Balaban J connectivity index is 4.16. The number of carbonyl (C=O) groups is 1. The van der Waals surface area contributed by atoms with Crippen molar-refractivity contribution in [1.82, 2.24) is 0 Å². The van der Waals surface area contributed by atoms with Gasteiger partial charge in [-0.1, -0.05) is 203 Å². The van der Waals surface area contributed by atoms with Gasteiger partial charge in [0.2, 0.25) is 0 Å². The van der Waals surface area contributed by atoms with Crippen LogP contribution in [0.4, 0.5) is 0 Å². The van der Waals surface area contributed by atoms with E-state index in [0.717, 1.165) is 70.6 Å². The van der Waals surface area contributed by atoms with Gasteiger partial charge in [0.05, 0.1) is 26.4 Å². The van der Waals surface area contributed by atoms with Gasteiger partial charge in [-0.2, -0.15) is 0 Å². The fourth-order valence-corrected chi connectivity index (χ4v) is 7.35. The Hall–Kier alpha value is -1.84. The zero-order valence-corrected chi connectivity index (χ0v) is 39.3. The molecule has 0 aromatic rings. The van der Waals surface area contributed by atoms with E-state index in [9.17, 15) is 19.4 Å². The van der Waals surface area contributed by atoms with Crippen molar-refractivity contribution in [3.05, 3.63) is 60.8 Å². The summed E-state index contributed by atoms with van der Waals surface area (Å²) in [6.45, 7) is 3.38. The number of esters is 1. The van der Waals surface area contributed by atoms with Crippen LogP contribution >= 0.6 is 7.82 Å². The molecule has 0 amide bonds. The molecule has 3 N–H and O–H groups in total. The largest absolute Gasteiger partial charge is 0.472 e. The third kappa shape index (κ3) is 45.7. The first-order chi connectivity index (χ1) is 29.3. The lowest BCUT2D eigenvalue weighted by molar-refractivity contribution is -0.154. The number of ether oxygens (including phenoxy) is 2. The van der Waals surface area contributed by atoms with E-state index in [-0.39, 0.29) is 13.0 Å². The lowest BCUT2D eigenvalue weighted by atomic mass is 10.0. The molecule has 0 saturated heterocycles. The van der Waals surface area contributed by atoms with Crippen LogP contribution in [0.15, 0.2) is 60.8 Å². The molecule has 0 rings (SSSR count). The highest BCUT2D eigenvalue weighted by molar-refractivity contribution is 7.47. The molecule has 10 heteroatoms. The first-order valence-corrected chi connectivity index (χ1v) is 25.8. The maximum Gasteiger partial charge on any atom is 0.472 e. The topological polar surface area (TPSA) is 132 Å². The first kappa shape index (κ1) is 58.2. The average Bonchev–Trinajstić information content (AvgIpc) is 3.24. The quantitative estimate of drug-likeness (QED) is 0.0237. The van der Waals surface area contributed by atoms with Gasteiger partial charge < -0.3 is 24.6 Å². The molecule has 0 aromatic carbocycles. The second-order valence-corrected chi connectivity index (χ2v) is 17.6. The maximum absolute atomic E-state index is 12.6. The summed E-state index contributed by atoms with van der Waals surface area (Å²) in [7, 11) is -4.53. The van der Waals surface area contributed by atoms with Crippen LogP contribution in [0.3, 0.4) is 0 Å². The lowest BCUT2D eigenvalue weighted by Gasteiger charge is -2.20. The SMILES string of the molecule is CC/C=C\C/C=C\C/C=C\C/C=C\C/C=C\CCCCCC(=O)OC(COCCCCCCCCCCCCCCCCCCCCCC)COP(=O)(O)OCC(O)CO. The predicted molar refractivity (Wildman–Crippen MR) is 251 cm³/mol. The molecule has 3 unspecified atom stereocenters. The minimum atomic E-state index is -4.53. The Morgan fingerprint density at radius 3 is 1.42 bits per heavy atom. The summed E-state index contributed by atoms with van der Waals surface area (Å²) in [5.74, 6) is -0.412. The van der Waals surface area contributed by atoms with Gasteiger partial charge in [-0.15, -0.1) is 0 Å². The average molecular weight is 867 g/mol. The summed E-state index contributed by atoms with van der Waals surface area (Å²) in [5.41, 5.74) is 0. The standard InChI is InChI=1S/C50H91O9P/c1-3-5-7-9-11-13-15-17-19-21-23-25-27-29-31-33-35-37-39-41-43-56-46-49(47-58-60(54,55)57-45-48(52)44-51)59-50(53)42-40-38-36-34-32-30-28-26-24-22-20-18-16-14-12-10-8-6-4-2/h6,8,12,14,18,20,24,26,30,32,48-49,51-52H,3-5,7,9-11,13,15-17,19,21-23,25,27-29,31,33-47H2,1-2H3,(H,54,55)/b8-6-,14-12-,20-18-,26-24-,32-30-. The number of phosphoric ester groups is 1. The molecule has 9 nitrogen and oxygen atoms in total. The van der Waals surface area contributed by atoms with Gasteiger partial charge in [-0.3, -0.25) is 13.8 Å². The number of phosphoric acid groups is 1. The van der Waals surface area contributed by atoms with Crippen LogP contribution in [0.25, 0.3) is 0 Å². The molecule has 0 bridgehead atoms. The highest BCUT2D eigenvalue weighted by Gasteiger charge is 2.26. The van der Waals surface area contributed by atoms with E-state index < -0.39 is 45.8 Å². The van der Waals surface area contributed by atoms with Gasteiger partial charge in [0, 0.05) is 13.0 Å². The van der Waals surface area contributed by atoms with Crippen molar-refractivity contribution in [2.75, 3.05) is 33.0 Å². The highest BCUT2D eigenvalue weighted by atomic mass is 31.2. The fourth-order valence-electron chi connectivity index (χ4n) is 6.56. The zero-order valence-electron chi connectivity index (χ0n) is 38.4. The maximum atomic E-state index is 12.6. The monoisotopic (exact) mass is 867 g/mol. The van der Waals surface area contributed by atoms with Gasteiger partial charge in [-0.25, -0.2) is 4.57 Å². The third-order valence-corrected chi connectivity index (χ3v) is 11.2. The summed E-state index contributed by atoms with van der Waals surface area (Å²) < 4.78 is 33.4. The van der Waals surface area contributed by atoms with Gasteiger partial charge in [-0.05, 0) is 57.8 Å². The minimum Gasteiger partial charge on any atom is -0.457 e. The molecule has 0 saturated carbocycles. The van der Waals surface area contributed by atoms with Crippen molar-refractivity contribution in [3.8, 4) is 0 Å². The summed E-state index contributed by atoms with van der Waals surface area (Å²) in [4.78, 5) is 22.6. The van der Waals surface area contributed by atoms with Crippen LogP contribution < -0.4 is 0 Å². The van der Waals surface area contributed by atoms with Crippen molar-refractivity contribution in [2.24, 2.45) is 0 Å². The molecule has 0 aromatic heterocycles. The highest BCUT2D eigenvalue weighted by Crippen LogP contribution is 2.43. The van der Waals surface area contributed by atoms with Gasteiger partial charge in [0.25, 0.3) is 0 Å². The van der Waals surface area contributed by atoms with Crippen LogP contribution in [-0.4, -0.2) is 66.3 Å². The molecule has 0 aliphatic carbocycles. The second kappa shape index (κ2) is 46.7. The molecule has 0 fully saturated rings. The summed E-state index contributed by atoms with van der Waals surface area (Å²) in [6.07, 6.45) is 54.7. The molecule has 350 valence electrons. The van der Waals surface area contributed by atoms with E-state index in [4.69, 9.17) is 23.6 Å². The number of aliphatic hydroxyl groups is 2. The van der Waals surface area contributed by atoms with Gasteiger partial charge in [0.1, 0.15) is 12.2 Å². The lowest BCUT2D eigenvalue weighted by Crippen LogP contribution is -2.29.